The number of aromatic amines is 1. The van der Waals surface area contributed by atoms with Crippen LogP contribution in [-0.2, 0) is 0 Å². The highest BCUT2D eigenvalue weighted by Gasteiger charge is 2.71. The van der Waals surface area contributed by atoms with E-state index in [1.807, 2.05) is 30.7 Å². The van der Waals surface area contributed by atoms with E-state index in [-0.39, 0.29) is 39.2 Å². The Labute approximate surface area is 289 Å². The van der Waals surface area contributed by atoms with Gasteiger partial charge in [0.25, 0.3) is 0 Å². The summed E-state index contributed by atoms with van der Waals surface area (Å²) in [5, 5.41) is 21.4. The minimum atomic E-state index is -0.180. The fourth-order valence-electron chi connectivity index (χ4n) is 14.3. The van der Waals surface area contributed by atoms with Crippen molar-refractivity contribution in [3.8, 4) is 11.3 Å². The third-order valence-electron chi connectivity index (χ3n) is 17.0. The molecule has 0 radical (unpaired) electrons. The van der Waals surface area contributed by atoms with E-state index in [0.717, 1.165) is 61.6 Å². The molecule has 6 nitrogen and oxygen atoms in total. The predicted octanol–water partition coefficient (Wildman–Crippen LogP) is 9.60. The molecule has 11 atom stereocenters. The highest BCUT2D eigenvalue weighted by Crippen LogP contribution is 2.77. The quantitative estimate of drug-likeness (QED) is 0.175. The average molecular weight is 652 g/mol. The van der Waals surface area contributed by atoms with E-state index in [9.17, 15) is 10.5 Å². The number of fused-ring (bicyclic) bond motifs is 7. The number of nitrogens with one attached hydrogen (secondary N) is 2. The zero-order valence-corrected chi connectivity index (χ0v) is 30.6. The molecule has 1 aliphatic heterocycles. The Hall–Kier alpha value is -2.47. The van der Waals surface area contributed by atoms with Crippen molar-refractivity contribution < 1.29 is 5.11 Å². The number of hydrogen-bond donors (Lipinski definition) is 3. The number of pyridine rings is 1. The Kier molecular flexibility index (Phi) is 7.51. The molecule has 0 aromatic carbocycles. The second-order valence-corrected chi connectivity index (χ2v) is 18.8. The lowest BCUT2D eigenvalue weighted by atomic mass is 9.32. The van der Waals surface area contributed by atoms with E-state index in [1.165, 1.54) is 50.5 Å². The molecule has 5 saturated carbocycles. The normalized spacial score (nSPS) is 44.7. The minimum Gasteiger partial charge on any atom is -0.393 e. The summed E-state index contributed by atoms with van der Waals surface area (Å²) in [5.74, 6) is 4.80. The molecule has 6 fully saturated rings. The van der Waals surface area contributed by atoms with Crippen molar-refractivity contribution in [2.75, 3.05) is 6.54 Å². The number of rotatable bonds is 4. The van der Waals surface area contributed by atoms with Gasteiger partial charge in [0.1, 0.15) is 11.7 Å². The van der Waals surface area contributed by atoms with E-state index in [0.29, 0.717) is 29.6 Å². The van der Waals surface area contributed by atoms with Gasteiger partial charge in [-0.25, -0.2) is 4.98 Å². The number of imidazole rings is 1. The first-order chi connectivity index (χ1) is 22.8. The van der Waals surface area contributed by atoms with Crippen molar-refractivity contribution in [2.45, 2.75) is 131 Å². The lowest BCUT2D eigenvalue weighted by Gasteiger charge is -2.73. The number of aliphatic hydroxyl groups excluding tert-OH is 1. The van der Waals surface area contributed by atoms with Crippen LogP contribution in [0.5, 0.6) is 0 Å². The number of nitrogens with zero attached hydrogens (tertiary/aromatic N) is 3. The molecule has 5 aliphatic carbocycles. The van der Waals surface area contributed by atoms with Crippen LogP contribution in [0.4, 0.5) is 0 Å². The van der Waals surface area contributed by atoms with E-state index >= 15 is 0 Å². The molecule has 6 heteroatoms. The molecule has 11 unspecified atom stereocenters. The van der Waals surface area contributed by atoms with Crippen LogP contribution in [0.2, 0.25) is 0 Å². The number of hydrogen-bond acceptors (Lipinski definition) is 4. The third kappa shape index (κ3) is 4.29. The van der Waals surface area contributed by atoms with Gasteiger partial charge in [0.05, 0.1) is 24.0 Å². The Morgan fingerprint density at radius 3 is 2.44 bits per heavy atom. The maximum atomic E-state index is 11.1. The predicted molar refractivity (Wildman–Crippen MR) is 193 cm³/mol. The van der Waals surface area contributed by atoms with Crippen molar-refractivity contribution >= 4 is 5.84 Å². The number of H-pyrrole nitrogens is 1. The van der Waals surface area contributed by atoms with E-state index < -0.39 is 0 Å². The SMILES string of the molecule is C=C(C)C1CCC2(C(=N)N3CCCC3c3ncc(-c4ccncc4)[nH]3)CCC3(C)C(CCC4C5(C)CCC(O)C(C)(C)C5CCC43C)C12. The van der Waals surface area contributed by atoms with Crippen LogP contribution >= 0.6 is 0 Å². The summed E-state index contributed by atoms with van der Waals surface area (Å²) in [5.41, 5.74) is 4.20. The molecule has 2 aromatic rings. The summed E-state index contributed by atoms with van der Waals surface area (Å²) < 4.78 is 0. The maximum Gasteiger partial charge on any atom is 0.129 e. The van der Waals surface area contributed by atoms with Crippen LogP contribution < -0.4 is 0 Å². The number of aliphatic hydroxyl groups is 1. The summed E-state index contributed by atoms with van der Waals surface area (Å²) in [6.07, 6.45) is 19.5. The van der Waals surface area contributed by atoms with Crippen LogP contribution in [-0.4, -0.2) is 43.4 Å². The fourth-order valence-corrected chi connectivity index (χ4v) is 14.3. The van der Waals surface area contributed by atoms with E-state index in [2.05, 4.69) is 63.0 Å². The second kappa shape index (κ2) is 11.0. The fraction of sp³-hybridized carbons (Fsp3) is 0.738. The van der Waals surface area contributed by atoms with Gasteiger partial charge in [0.15, 0.2) is 0 Å². The van der Waals surface area contributed by atoms with Crippen LogP contribution in [0, 0.1) is 62.1 Å². The Morgan fingerprint density at radius 1 is 0.917 bits per heavy atom. The van der Waals surface area contributed by atoms with E-state index in [1.54, 1.807) is 0 Å². The van der Waals surface area contributed by atoms with Crippen molar-refractivity contribution in [2.24, 2.45) is 56.7 Å². The first kappa shape index (κ1) is 32.7. The van der Waals surface area contributed by atoms with Crippen LogP contribution in [0.1, 0.15) is 130 Å². The highest BCUT2D eigenvalue weighted by atomic mass is 16.3. The molecule has 2 aromatic heterocycles. The van der Waals surface area contributed by atoms with Crippen molar-refractivity contribution in [1.29, 1.82) is 5.41 Å². The van der Waals surface area contributed by atoms with Crippen LogP contribution in [0.25, 0.3) is 11.3 Å². The van der Waals surface area contributed by atoms with Gasteiger partial charge in [-0.05, 0) is 147 Å². The molecular formula is C42H61N5O. The first-order valence-electron chi connectivity index (χ1n) is 19.4. The largest absolute Gasteiger partial charge is 0.393 e. The molecule has 0 bridgehead atoms. The smallest absolute Gasteiger partial charge is 0.129 e. The van der Waals surface area contributed by atoms with Crippen molar-refractivity contribution in [3.63, 3.8) is 0 Å². The number of allylic oxidation sites excluding steroid dienone is 1. The van der Waals surface area contributed by atoms with Gasteiger partial charge >= 0.3 is 0 Å². The first-order valence-corrected chi connectivity index (χ1v) is 19.4. The number of aromatic nitrogens is 3. The molecule has 0 amide bonds. The Morgan fingerprint density at radius 2 is 1.69 bits per heavy atom. The molecular weight excluding hydrogens is 590 g/mol. The minimum absolute atomic E-state index is 0.0152. The monoisotopic (exact) mass is 651 g/mol. The molecule has 0 spiro atoms. The summed E-state index contributed by atoms with van der Waals surface area (Å²) in [4.78, 5) is 15.2. The van der Waals surface area contributed by atoms with Crippen molar-refractivity contribution in [3.05, 3.63) is 48.7 Å². The van der Waals surface area contributed by atoms with Gasteiger partial charge in [0, 0.05) is 29.9 Å². The Bertz CT molecular complexity index is 1580. The molecule has 3 heterocycles. The summed E-state index contributed by atoms with van der Waals surface area (Å²) in [7, 11) is 0. The maximum absolute atomic E-state index is 11.1. The second-order valence-electron chi connectivity index (χ2n) is 18.8. The number of amidine groups is 1. The third-order valence-corrected chi connectivity index (χ3v) is 17.0. The molecule has 6 aliphatic rings. The zero-order valence-electron chi connectivity index (χ0n) is 30.6. The molecule has 260 valence electrons. The molecule has 8 rings (SSSR count). The van der Waals surface area contributed by atoms with Gasteiger partial charge in [-0.15, -0.1) is 0 Å². The van der Waals surface area contributed by atoms with E-state index in [4.69, 9.17) is 4.98 Å². The van der Waals surface area contributed by atoms with Crippen LogP contribution in [0.3, 0.4) is 0 Å². The summed E-state index contributed by atoms with van der Waals surface area (Å²) in [6.45, 7) is 20.6. The van der Waals surface area contributed by atoms with Crippen LogP contribution in [0.15, 0.2) is 42.9 Å². The van der Waals surface area contributed by atoms with Crippen molar-refractivity contribution in [1.82, 2.24) is 19.9 Å². The molecule has 48 heavy (non-hydrogen) atoms. The lowest BCUT2D eigenvalue weighted by Crippen LogP contribution is -2.67. The topological polar surface area (TPSA) is 88.9 Å². The van der Waals surface area contributed by atoms with Gasteiger partial charge < -0.3 is 15.0 Å². The van der Waals surface area contributed by atoms with Gasteiger partial charge in [0.2, 0.25) is 0 Å². The number of likely N-dealkylation sites (tertiary alicyclic amines) is 1. The average Bonchev–Trinajstić information content (AvgIpc) is 3.82. The standard InChI is InChI=1S/C42H61N5O/c1-26(2)28-12-19-42(37(43)47-24-8-9-31(47)36-45-25-30(46-36)27-15-22-44-23-16-27)21-20-40(6)29(35(28)42)10-11-33-39(5)17-14-34(48)38(3,4)32(39)13-18-41(33,40)7/h15-16,22-23,25,28-29,31-35,43,48H,1,8-14,17-21,24H2,2-7H3,(H,45,46). The Balaban J connectivity index is 1.12. The zero-order chi connectivity index (χ0) is 33.9. The van der Waals surface area contributed by atoms with Gasteiger partial charge in [-0.3, -0.25) is 10.4 Å². The van der Waals surface area contributed by atoms with Gasteiger partial charge in [-0.1, -0.05) is 46.8 Å². The summed E-state index contributed by atoms with van der Waals surface area (Å²) >= 11 is 0. The molecule has 1 saturated heterocycles. The molecule has 3 N–H and O–H groups in total. The summed E-state index contributed by atoms with van der Waals surface area (Å²) in [6, 6.07) is 4.20. The highest BCUT2D eigenvalue weighted by molar-refractivity contribution is 5.87. The van der Waals surface area contributed by atoms with Gasteiger partial charge in [-0.2, -0.15) is 0 Å². The lowest BCUT2D eigenvalue weighted by molar-refractivity contribution is -0.244.